The van der Waals surface area contributed by atoms with Crippen molar-refractivity contribution in [3.8, 4) is 0 Å². The lowest BCUT2D eigenvalue weighted by Crippen LogP contribution is -2.29. The quantitative estimate of drug-likeness (QED) is 0.826. The monoisotopic (exact) mass is 250 g/mol. The van der Waals surface area contributed by atoms with Crippen LogP contribution in [0.5, 0.6) is 0 Å². The normalized spacial score (nSPS) is 13.4. The molecule has 0 saturated heterocycles. The minimum absolute atomic E-state index is 0.477. The zero-order valence-electron chi connectivity index (χ0n) is 10.4. The third-order valence-electron chi connectivity index (χ3n) is 2.40. The van der Waals surface area contributed by atoms with Crippen molar-refractivity contribution in [3.63, 3.8) is 0 Å². The summed E-state index contributed by atoms with van der Waals surface area (Å²) < 4.78 is 2.02. The molecule has 1 atom stereocenters. The topological polar surface area (TPSA) is 42.2 Å². The highest BCUT2D eigenvalue weighted by molar-refractivity contribution is 7.99. The molecule has 2 rings (SSSR count). The predicted octanol–water partition coefficient (Wildman–Crippen LogP) is 2.21. The minimum Gasteiger partial charge on any atom is -0.313 e. The Kier molecular flexibility index (Phi) is 4.02. The van der Waals surface area contributed by atoms with Crippen molar-refractivity contribution < 1.29 is 0 Å². The summed E-state index contributed by atoms with van der Waals surface area (Å²) >= 11 is 1.75. The van der Waals surface area contributed by atoms with Gasteiger partial charge in [-0.2, -0.15) is 0 Å². The maximum absolute atomic E-state index is 4.21. The van der Waals surface area contributed by atoms with Crippen LogP contribution in [0, 0.1) is 0 Å². The van der Waals surface area contributed by atoms with Gasteiger partial charge in [-0.15, -0.1) is 10.2 Å². The summed E-state index contributed by atoms with van der Waals surface area (Å²) in [4.78, 5) is 0. The molecule has 0 aliphatic carbocycles. The molecule has 1 unspecified atom stereocenters. The van der Waals surface area contributed by atoms with E-state index >= 15 is 0 Å². The van der Waals surface area contributed by atoms with Gasteiger partial charge in [-0.1, -0.05) is 38.6 Å². The highest BCUT2D eigenvalue weighted by Crippen LogP contribution is 2.21. The van der Waals surface area contributed by atoms with E-state index in [0.717, 1.165) is 17.3 Å². The SMILES string of the molecule is CC(C)NCC(C)Sc1nnc2ccccn12. The van der Waals surface area contributed by atoms with Crippen molar-refractivity contribution in [3.05, 3.63) is 24.4 Å². The lowest BCUT2D eigenvalue weighted by molar-refractivity contribution is 0.588. The maximum Gasteiger partial charge on any atom is 0.195 e. The van der Waals surface area contributed by atoms with Crippen molar-refractivity contribution in [2.75, 3.05) is 6.54 Å². The van der Waals surface area contributed by atoms with Crippen molar-refractivity contribution in [2.45, 2.75) is 37.2 Å². The third-order valence-corrected chi connectivity index (χ3v) is 3.46. The fourth-order valence-electron chi connectivity index (χ4n) is 1.52. The van der Waals surface area contributed by atoms with Crippen LogP contribution in [-0.2, 0) is 0 Å². The van der Waals surface area contributed by atoms with Crippen molar-refractivity contribution in [1.29, 1.82) is 0 Å². The fraction of sp³-hybridized carbons (Fsp3) is 0.500. The Balaban J connectivity index is 2.03. The molecule has 17 heavy (non-hydrogen) atoms. The van der Waals surface area contributed by atoms with Gasteiger partial charge >= 0.3 is 0 Å². The number of thioether (sulfide) groups is 1. The lowest BCUT2D eigenvalue weighted by Gasteiger charge is -2.13. The smallest absolute Gasteiger partial charge is 0.195 e. The molecule has 0 amide bonds. The van der Waals surface area contributed by atoms with Gasteiger partial charge in [-0.25, -0.2) is 0 Å². The molecule has 0 radical (unpaired) electrons. The number of nitrogens with one attached hydrogen (secondary N) is 1. The summed E-state index contributed by atoms with van der Waals surface area (Å²) in [5.41, 5.74) is 0.902. The van der Waals surface area contributed by atoms with E-state index in [9.17, 15) is 0 Å². The molecule has 0 bridgehead atoms. The molecular weight excluding hydrogens is 232 g/mol. The second kappa shape index (κ2) is 5.51. The van der Waals surface area contributed by atoms with Crippen LogP contribution >= 0.6 is 11.8 Å². The van der Waals surface area contributed by atoms with Crippen LogP contribution in [0.2, 0.25) is 0 Å². The van der Waals surface area contributed by atoms with Crippen molar-refractivity contribution in [1.82, 2.24) is 19.9 Å². The van der Waals surface area contributed by atoms with Gasteiger partial charge in [0.1, 0.15) is 0 Å². The Morgan fingerprint density at radius 2 is 2.12 bits per heavy atom. The van der Waals surface area contributed by atoms with E-state index in [-0.39, 0.29) is 0 Å². The van der Waals surface area contributed by atoms with Crippen LogP contribution in [0.1, 0.15) is 20.8 Å². The van der Waals surface area contributed by atoms with Crippen molar-refractivity contribution >= 4 is 17.4 Å². The van der Waals surface area contributed by atoms with E-state index in [1.807, 2.05) is 28.8 Å². The summed E-state index contributed by atoms with van der Waals surface area (Å²) in [5.74, 6) is 0. The van der Waals surface area contributed by atoms with E-state index in [1.165, 1.54) is 0 Å². The van der Waals surface area contributed by atoms with Crippen molar-refractivity contribution in [2.24, 2.45) is 0 Å². The predicted molar refractivity (Wildman–Crippen MR) is 71.4 cm³/mol. The molecule has 0 aliphatic heterocycles. The third kappa shape index (κ3) is 3.20. The summed E-state index contributed by atoms with van der Waals surface area (Å²) in [6, 6.07) is 6.46. The second-order valence-corrected chi connectivity index (χ2v) is 5.81. The first-order valence-electron chi connectivity index (χ1n) is 5.86. The standard InChI is InChI=1S/C12H18N4S/c1-9(2)13-8-10(3)17-12-15-14-11-6-4-5-7-16(11)12/h4-7,9-10,13H,8H2,1-3H3. The van der Waals surface area contributed by atoms with Gasteiger partial charge in [0.2, 0.25) is 0 Å². The number of rotatable bonds is 5. The van der Waals surface area contributed by atoms with E-state index < -0.39 is 0 Å². The number of nitrogens with zero attached hydrogens (tertiary/aromatic N) is 3. The van der Waals surface area contributed by atoms with Crippen LogP contribution in [0.4, 0.5) is 0 Å². The average Bonchev–Trinajstić information content (AvgIpc) is 2.70. The number of fused-ring (bicyclic) bond motifs is 1. The molecule has 92 valence electrons. The molecule has 1 N–H and O–H groups in total. The van der Waals surface area contributed by atoms with E-state index in [1.54, 1.807) is 11.8 Å². The lowest BCUT2D eigenvalue weighted by atomic mass is 10.3. The summed E-state index contributed by atoms with van der Waals surface area (Å²) in [7, 11) is 0. The molecule has 5 heteroatoms. The molecule has 2 aromatic heterocycles. The van der Waals surface area contributed by atoms with Crippen LogP contribution in [0.3, 0.4) is 0 Å². The molecule has 0 saturated carbocycles. The second-order valence-electron chi connectivity index (χ2n) is 4.40. The molecule has 0 fully saturated rings. The largest absolute Gasteiger partial charge is 0.313 e. The average molecular weight is 250 g/mol. The Labute approximate surface area is 106 Å². The first-order chi connectivity index (χ1) is 8.16. The van der Waals surface area contributed by atoms with Gasteiger partial charge in [-0.3, -0.25) is 4.40 Å². The van der Waals surface area contributed by atoms with Crippen LogP contribution in [0.15, 0.2) is 29.6 Å². The molecule has 0 aliphatic rings. The highest BCUT2D eigenvalue weighted by atomic mass is 32.2. The van der Waals surface area contributed by atoms with Gasteiger partial charge in [-0.05, 0) is 12.1 Å². The zero-order valence-corrected chi connectivity index (χ0v) is 11.2. The number of hydrogen-bond donors (Lipinski definition) is 1. The Morgan fingerprint density at radius 1 is 1.29 bits per heavy atom. The number of aromatic nitrogens is 3. The zero-order chi connectivity index (χ0) is 12.3. The fourth-order valence-corrected chi connectivity index (χ4v) is 2.42. The highest BCUT2D eigenvalue weighted by Gasteiger charge is 2.10. The Morgan fingerprint density at radius 3 is 2.88 bits per heavy atom. The maximum atomic E-state index is 4.21. The first kappa shape index (κ1) is 12.4. The van der Waals surface area contributed by atoms with Gasteiger partial charge in [0.05, 0.1) is 0 Å². The summed E-state index contributed by atoms with van der Waals surface area (Å²) in [5, 5.41) is 13.2. The Hall–Kier alpha value is -1.07. The molecule has 2 aromatic rings. The van der Waals surface area contributed by atoms with E-state index in [4.69, 9.17) is 0 Å². The summed E-state index contributed by atoms with van der Waals surface area (Å²) in [6.45, 7) is 7.49. The molecule has 0 aromatic carbocycles. The first-order valence-corrected chi connectivity index (χ1v) is 6.74. The molecule has 2 heterocycles. The van der Waals surface area contributed by atoms with Crippen LogP contribution in [-0.4, -0.2) is 32.4 Å². The Bertz CT molecular complexity index is 480. The molecule has 4 nitrogen and oxygen atoms in total. The van der Waals surface area contributed by atoms with Gasteiger partial charge in [0.25, 0.3) is 0 Å². The van der Waals surface area contributed by atoms with Gasteiger partial charge in [0.15, 0.2) is 10.8 Å². The molecular formula is C12H18N4S. The van der Waals surface area contributed by atoms with E-state index in [0.29, 0.717) is 11.3 Å². The van der Waals surface area contributed by atoms with Crippen LogP contribution in [0.25, 0.3) is 5.65 Å². The molecule has 0 spiro atoms. The number of hydrogen-bond acceptors (Lipinski definition) is 4. The van der Waals surface area contributed by atoms with Gasteiger partial charge in [0, 0.05) is 24.0 Å². The van der Waals surface area contributed by atoms with Crippen LogP contribution < -0.4 is 5.32 Å². The summed E-state index contributed by atoms with van der Waals surface area (Å²) in [6.07, 6.45) is 2.00. The minimum atomic E-state index is 0.477. The van der Waals surface area contributed by atoms with E-state index in [2.05, 4.69) is 36.3 Å². The van der Waals surface area contributed by atoms with Gasteiger partial charge < -0.3 is 5.32 Å². The number of pyridine rings is 1.